The third-order valence-corrected chi connectivity index (χ3v) is 3.60. The van der Waals surface area contributed by atoms with Crippen molar-refractivity contribution in [1.82, 2.24) is 15.1 Å². The maximum Gasteiger partial charge on any atom is 0.324 e. The van der Waals surface area contributed by atoms with E-state index in [1.54, 1.807) is 0 Å². The molecule has 82 valence electrons. The number of hydrogen-bond donors (Lipinski definition) is 1. The standard InChI is InChI=1S/C10H14ClN3O/c11-8-4-9-13-3-1-2-7(5-13)6-14(9)10(15)12-8/h4,7-8H,1-3,5-6H2,(H,12,15). The van der Waals surface area contributed by atoms with Crippen LogP contribution in [0.2, 0.25) is 0 Å². The van der Waals surface area contributed by atoms with Gasteiger partial charge in [-0.25, -0.2) is 4.79 Å². The van der Waals surface area contributed by atoms with Crippen LogP contribution in [0, 0.1) is 5.92 Å². The maximum atomic E-state index is 11.7. The van der Waals surface area contributed by atoms with E-state index in [-0.39, 0.29) is 11.5 Å². The second kappa shape index (κ2) is 3.30. The number of carbonyl (C=O) groups excluding carboxylic acids is 1. The maximum absolute atomic E-state index is 11.7. The lowest BCUT2D eigenvalue weighted by atomic mass is 9.94. The molecular formula is C10H14ClN3O. The molecule has 2 unspecified atom stereocenters. The van der Waals surface area contributed by atoms with Crippen molar-refractivity contribution in [3.8, 4) is 0 Å². The van der Waals surface area contributed by atoms with Gasteiger partial charge in [-0.2, -0.15) is 0 Å². The Morgan fingerprint density at radius 1 is 1.47 bits per heavy atom. The fraction of sp³-hybridized carbons (Fsp3) is 0.700. The molecule has 2 saturated heterocycles. The molecule has 0 radical (unpaired) electrons. The van der Waals surface area contributed by atoms with Crippen LogP contribution in [0.15, 0.2) is 11.9 Å². The number of carbonyl (C=O) groups is 1. The lowest BCUT2D eigenvalue weighted by Crippen LogP contribution is -2.58. The molecule has 3 rings (SSSR count). The summed E-state index contributed by atoms with van der Waals surface area (Å²) in [6.45, 7) is 2.98. The normalized spacial score (nSPS) is 34.5. The summed E-state index contributed by atoms with van der Waals surface area (Å²) in [5.74, 6) is 1.64. The van der Waals surface area contributed by atoms with Crippen LogP contribution in [0.5, 0.6) is 0 Å². The molecule has 1 N–H and O–H groups in total. The predicted octanol–water partition coefficient (Wildman–Crippen LogP) is 1.14. The topological polar surface area (TPSA) is 35.6 Å². The Balaban J connectivity index is 1.94. The molecule has 4 nitrogen and oxygen atoms in total. The van der Waals surface area contributed by atoms with Gasteiger partial charge in [0.05, 0.1) is 0 Å². The first-order valence-electron chi connectivity index (χ1n) is 5.43. The number of piperidine rings is 1. The van der Waals surface area contributed by atoms with E-state index in [0.29, 0.717) is 5.92 Å². The summed E-state index contributed by atoms with van der Waals surface area (Å²) in [5, 5.41) is 2.72. The number of halogens is 1. The highest BCUT2D eigenvalue weighted by molar-refractivity contribution is 6.22. The molecule has 2 atom stereocenters. The van der Waals surface area contributed by atoms with Crippen molar-refractivity contribution in [2.45, 2.75) is 18.3 Å². The summed E-state index contributed by atoms with van der Waals surface area (Å²) in [4.78, 5) is 15.8. The van der Waals surface area contributed by atoms with Crippen LogP contribution in [-0.2, 0) is 0 Å². The van der Waals surface area contributed by atoms with Crippen LogP contribution < -0.4 is 5.32 Å². The van der Waals surface area contributed by atoms with Gasteiger partial charge in [0.25, 0.3) is 0 Å². The minimum absolute atomic E-state index is 0.0518. The van der Waals surface area contributed by atoms with Crippen molar-refractivity contribution in [2.24, 2.45) is 5.92 Å². The van der Waals surface area contributed by atoms with Gasteiger partial charge in [-0.3, -0.25) is 4.90 Å². The Kier molecular flexibility index (Phi) is 2.06. The zero-order valence-electron chi connectivity index (χ0n) is 8.45. The number of fused-ring (bicyclic) bond motifs is 4. The third-order valence-electron chi connectivity index (χ3n) is 3.36. The average Bonchev–Trinajstić information content (AvgIpc) is 2.21. The number of rotatable bonds is 0. The molecule has 3 aliphatic rings. The minimum Gasteiger partial charge on any atom is -0.358 e. The zero-order valence-corrected chi connectivity index (χ0v) is 9.20. The molecular weight excluding hydrogens is 214 g/mol. The van der Waals surface area contributed by atoms with Crippen LogP contribution in [0.25, 0.3) is 0 Å². The number of nitrogens with zero attached hydrogens (tertiary/aromatic N) is 2. The molecule has 2 amide bonds. The molecule has 0 aliphatic carbocycles. The SMILES string of the molecule is O=C1NC(Cl)C=C2N3CCCC(C3)CN12. The predicted molar refractivity (Wildman–Crippen MR) is 57.3 cm³/mol. The van der Waals surface area contributed by atoms with Gasteiger partial charge in [0.15, 0.2) is 0 Å². The highest BCUT2D eigenvalue weighted by Gasteiger charge is 2.37. The van der Waals surface area contributed by atoms with E-state index in [9.17, 15) is 4.79 Å². The number of urea groups is 1. The quantitative estimate of drug-likeness (QED) is 0.498. The summed E-state index contributed by atoms with van der Waals surface area (Å²) in [6, 6.07) is -0.0518. The summed E-state index contributed by atoms with van der Waals surface area (Å²) in [5.41, 5.74) is -0.359. The van der Waals surface area contributed by atoms with E-state index in [1.165, 1.54) is 12.8 Å². The van der Waals surface area contributed by atoms with Gasteiger partial charge in [0, 0.05) is 19.6 Å². The minimum atomic E-state index is -0.359. The van der Waals surface area contributed by atoms with E-state index < -0.39 is 0 Å². The van der Waals surface area contributed by atoms with Gasteiger partial charge in [0.1, 0.15) is 11.3 Å². The van der Waals surface area contributed by atoms with Crippen molar-refractivity contribution < 1.29 is 4.79 Å². The fourth-order valence-corrected chi connectivity index (χ4v) is 2.90. The van der Waals surface area contributed by atoms with Gasteiger partial charge < -0.3 is 10.2 Å². The highest BCUT2D eigenvalue weighted by Crippen LogP contribution is 2.31. The summed E-state index contributed by atoms with van der Waals surface area (Å²) >= 11 is 5.95. The number of amides is 2. The van der Waals surface area contributed by atoms with Crippen LogP contribution in [-0.4, -0.2) is 41.0 Å². The third kappa shape index (κ3) is 1.47. The second-order valence-electron chi connectivity index (χ2n) is 4.44. The number of alkyl halides is 1. The first-order chi connectivity index (χ1) is 7.24. The van der Waals surface area contributed by atoms with E-state index in [4.69, 9.17) is 11.6 Å². The van der Waals surface area contributed by atoms with E-state index in [0.717, 1.165) is 25.5 Å². The summed E-state index contributed by atoms with van der Waals surface area (Å²) < 4.78 is 0. The van der Waals surface area contributed by atoms with Crippen molar-refractivity contribution in [3.63, 3.8) is 0 Å². The van der Waals surface area contributed by atoms with Crippen LogP contribution in [0.1, 0.15) is 12.8 Å². The molecule has 15 heavy (non-hydrogen) atoms. The van der Waals surface area contributed by atoms with Crippen LogP contribution in [0.3, 0.4) is 0 Å². The molecule has 0 aromatic rings. The fourth-order valence-electron chi connectivity index (χ4n) is 2.70. The largest absolute Gasteiger partial charge is 0.358 e. The van der Waals surface area contributed by atoms with E-state index >= 15 is 0 Å². The first-order valence-corrected chi connectivity index (χ1v) is 5.86. The Morgan fingerprint density at radius 3 is 3.20 bits per heavy atom. The molecule has 3 heterocycles. The van der Waals surface area contributed by atoms with E-state index in [1.807, 2.05) is 11.0 Å². The Labute approximate surface area is 93.9 Å². The first kappa shape index (κ1) is 9.33. The second-order valence-corrected chi connectivity index (χ2v) is 4.91. The molecule has 3 aliphatic heterocycles. The van der Waals surface area contributed by atoms with Gasteiger partial charge in [-0.1, -0.05) is 11.6 Å². The molecule has 0 aromatic carbocycles. The monoisotopic (exact) mass is 227 g/mol. The van der Waals surface area contributed by atoms with Gasteiger partial charge in [-0.05, 0) is 24.8 Å². The van der Waals surface area contributed by atoms with Crippen molar-refractivity contribution in [1.29, 1.82) is 0 Å². The van der Waals surface area contributed by atoms with E-state index in [2.05, 4.69) is 10.2 Å². The lowest BCUT2D eigenvalue weighted by molar-refractivity contribution is 0.0853. The summed E-state index contributed by atoms with van der Waals surface area (Å²) in [7, 11) is 0. The Hall–Kier alpha value is -0.900. The van der Waals surface area contributed by atoms with Gasteiger partial charge in [0.2, 0.25) is 0 Å². The molecule has 2 bridgehead atoms. The van der Waals surface area contributed by atoms with Crippen molar-refractivity contribution >= 4 is 17.6 Å². The van der Waals surface area contributed by atoms with Gasteiger partial charge in [-0.15, -0.1) is 0 Å². The van der Waals surface area contributed by atoms with Crippen LogP contribution in [0.4, 0.5) is 4.79 Å². The Morgan fingerprint density at radius 2 is 2.33 bits per heavy atom. The average molecular weight is 228 g/mol. The smallest absolute Gasteiger partial charge is 0.324 e. The molecule has 5 heteroatoms. The summed E-state index contributed by atoms with van der Waals surface area (Å²) in [6.07, 6.45) is 4.40. The molecule has 0 spiro atoms. The number of nitrogens with one attached hydrogen (secondary N) is 1. The molecule has 0 saturated carbocycles. The molecule has 2 fully saturated rings. The van der Waals surface area contributed by atoms with Crippen LogP contribution >= 0.6 is 11.6 Å². The van der Waals surface area contributed by atoms with Crippen molar-refractivity contribution in [3.05, 3.63) is 11.9 Å². The Bertz CT molecular complexity index is 331. The zero-order chi connectivity index (χ0) is 10.4. The number of hydrogen-bond acceptors (Lipinski definition) is 2. The van der Waals surface area contributed by atoms with Crippen molar-refractivity contribution in [2.75, 3.05) is 19.6 Å². The lowest BCUT2D eigenvalue weighted by Gasteiger charge is -2.48. The molecule has 0 aromatic heterocycles. The van der Waals surface area contributed by atoms with Gasteiger partial charge >= 0.3 is 6.03 Å². The highest BCUT2D eigenvalue weighted by atomic mass is 35.5.